The molecule has 0 fully saturated rings. The molecule has 0 aliphatic rings. The fourth-order valence-electron chi connectivity index (χ4n) is 0. The second-order valence-corrected chi connectivity index (χ2v) is 0. The van der Waals surface area contributed by atoms with E-state index in [1.807, 2.05) is 0 Å². The Labute approximate surface area is 119 Å². The molecule has 0 aromatic heterocycles. The average Bonchev–Trinajstić information content (AvgIpc) is 0. The predicted octanol–water partition coefficient (Wildman–Crippen LogP) is -1.14. The normalized spacial score (nSPS) is 0. The quantitative estimate of drug-likeness (QED) is 0.507. The fraction of sp³-hybridized carbons (Fsp3) is 0. The first kappa shape index (κ1) is 25.8. The van der Waals surface area contributed by atoms with Crippen LogP contribution >= 0.6 is 0 Å². The third-order valence-electron chi connectivity index (χ3n) is 0. The van der Waals surface area contributed by atoms with Gasteiger partial charge in [0.25, 0.3) is 0 Å². The van der Waals surface area contributed by atoms with Crippen LogP contribution in [0.15, 0.2) is 0 Å². The largest absolute Gasteiger partial charge is 2.00 e. The Morgan fingerprint density at radius 1 is 1.25 bits per heavy atom. The summed E-state index contributed by atoms with van der Waals surface area (Å²) in [6.07, 6.45) is 0. The molecule has 0 bridgehead atoms. The molecular formula is H6BaFeOSr. The molecule has 0 atom stereocenters. The molecule has 0 heterocycles. The number of rotatable bonds is 0. The third kappa shape index (κ3) is 9.11. The Hall–Kier alpha value is 3.53. The minimum absolute atomic E-state index is 0. The van der Waals surface area contributed by atoms with Crippen LogP contribution in [0.5, 0.6) is 0 Å². The van der Waals surface area contributed by atoms with E-state index in [-0.39, 0.29) is 123 Å². The molecule has 0 spiro atoms. The molecule has 0 aromatic carbocycles. The molecule has 0 saturated heterocycles. The molecule has 0 aliphatic heterocycles. The molecule has 0 aromatic rings. The van der Waals surface area contributed by atoms with E-state index in [0.717, 1.165) is 0 Å². The van der Waals surface area contributed by atoms with Gasteiger partial charge in [-0.3, -0.25) is 0 Å². The zero-order valence-corrected chi connectivity index (χ0v) is 11.3. The molecule has 0 radical (unpaired) electrons. The maximum Gasteiger partial charge on any atom is 2.00 e. The van der Waals surface area contributed by atoms with Crippen molar-refractivity contribution in [3.63, 3.8) is 0 Å². The van der Waals surface area contributed by atoms with E-state index in [1.165, 1.54) is 0 Å². The van der Waals surface area contributed by atoms with Gasteiger partial charge in [-0.25, -0.2) is 0 Å². The molecule has 0 aliphatic carbocycles. The molecule has 0 saturated carbocycles. The van der Waals surface area contributed by atoms with Crippen molar-refractivity contribution in [3.05, 3.63) is 0 Å². The standard InChI is InChI=1S/Ba.Fe.H2O.Sr.4H/h;;1H2;;;;;/q+2;;;+2;4*-1. The van der Waals surface area contributed by atoms with Crippen LogP contribution in [0.2, 0.25) is 0 Å². The van der Waals surface area contributed by atoms with E-state index in [9.17, 15) is 0 Å². The first-order valence-electron chi connectivity index (χ1n) is 0. The van der Waals surface area contributed by atoms with Crippen LogP contribution in [0.3, 0.4) is 0 Å². The molecule has 0 amide bonds. The van der Waals surface area contributed by atoms with E-state index in [2.05, 4.69) is 0 Å². The molecule has 0 rings (SSSR count). The van der Waals surface area contributed by atoms with Crippen LogP contribution in [0.1, 0.15) is 5.71 Å². The van der Waals surface area contributed by atoms with Gasteiger partial charge in [-0.1, -0.05) is 0 Å². The second kappa shape index (κ2) is 16.0. The minimum atomic E-state index is 0. The minimum Gasteiger partial charge on any atom is -1.00 e. The summed E-state index contributed by atoms with van der Waals surface area (Å²) < 4.78 is 0. The van der Waals surface area contributed by atoms with Gasteiger partial charge in [-0.2, -0.15) is 0 Å². The summed E-state index contributed by atoms with van der Waals surface area (Å²) in [7, 11) is 0. The number of hydrogen-bond donors (Lipinski definition) is 0. The van der Waals surface area contributed by atoms with Crippen molar-refractivity contribution in [2.45, 2.75) is 0 Å². The molecule has 24 valence electrons. The summed E-state index contributed by atoms with van der Waals surface area (Å²) in [6.45, 7) is 0. The van der Waals surface area contributed by atoms with Gasteiger partial charge in [0.2, 0.25) is 0 Å². The van der Waals surface area contributed by atoms with E-state index < -0.39 is 0 Å². The van der Waals surface area contributed by atoms with Crippen LogP contribution in [0.4, 0.5) is 0 Å². The Morgan fingerprint density at radius 3 is 1.25 bits per heavy atom. The Bertz CT molecular complexity index is 16.0. The van der Waals surface area contributed by atoms with Gasteiger partial charge in [-0.15, -0.1) is 0 Å². The van der Waals surface area contributed by atoms with Gasteiger partial charge in [0, 0.05) is 17.1 Å². The Kier molecular flexibility index (Phi) is 103. The van der Waals surface area contributed by atoms with E-state index in [0.29, 0.717) is 0 Å². The Balaban J connectivity index is 0. The first-order valence-corrected chi connectivity index (χ1v) is 0. The van der Waals surface area contributed by atoms with Crippen molar-refractivity contribution in [1.29, 1.82) is 0 Å². The molecule has 4 heavy (non-hydrogen) atoms. The van der Waals surface area contributed by atoms with Crippen molar-refractivity contribution in [2.24, 2.45) is 0 Å². The zero-order chi connectivity index (χ0) is 0. The van der Waals surface area contributed by atoms with Crippen molar-refractivity contribution in [1.82, 2.24) is 0 Å². The average molecular weight is 303 g/mol. The van der Waals surface area contributed by atoms with Crippen LogP contribution in [0.25, 0.3) is 0 Å². The molecule has 4 heteroatoms. The zero-order valence-electron chi connectivity index (χ0n) is 6.27. The van der Waals surface area contributed by atoms with Crippen LogP contribution in [-0.2, 0) is 17.1 Å². The SMILES string of the molecule is O.[Ba+2].[Fe].[H-].[H-].[H-].[H-].[Sr+2]. The summed E-state index contributed by atoms with van der Waals surface area (Å²) in [5.74, 6) is 0. The fourth-order valence-corrected chi connectivity index (χ4v) is 0. The summed E-state index contributed by atoms with van der Waals surface area (Å²) in [5, 5.41) is 0. The van der Waals surface area contributed by atoms with E-state index >= 15 is 0 Å². The van der Waals surface area contributed by atoms with Crippen molar-refractivity contribution >= 4 is 94.4 Å². The predicted molar refractivity (Wildman–Crippen MR) is 19.6 cm³/mol. The van der Waals surface area contributed by atoms with Gasteiger partial charge in [0.1, 0.15) is 0 Å². The summed E-state index contributed by atoms with van der Waals surface area (Å²) in [4.78, 5) is 0. The molecule has 1 nitrogen and oxygen atoms in total. The summed E-state index contributed by atoms with van der Waals surface area (Å²) in [6, 6.07) is 0. The van der Waals surface area contributed by atoms with Crippen LogP contribution in [0, 0.1) is 0 Å². The van der Waals surface area contributed by atoms with Gasteiger partial charge < -0.3 is 11.2 Å². The third-order valence-corrected chi connectivity index (χ3v) is 0. The Morgan fingerprint density at radius 2 is 1.25 bits per heavy atom. The topological polar surface area (TPSA) is 31.5 Å². The van der Waals surface area contributed by atoms with Crippen LogP contribution < -0.4 is 0 Å². The maximum absolute atomic E-state index is 0. The van der Waals surface area contributed by atoms with Crippen molar-refractivity contribution < 1.29 is 28.3 Å². The molecule has 0 unspecified atom stereocenters. The van der Waals surface area contributed by atoms with Gasteiger partial charge in [0.15, 0.2) is 0 Å². The van der Waals surface area contributed by atoms with Crippen molar-refractivity contribution in [3.8, 4) is 0 Å². The van der Waals surface area contributed by atoms with Crippen molar-refractivity contribution in [2.75, 3.05) is 0 Å². The van der Waals surface area contributed by atoms with Gasteiger partial charge >= 0.3 is 94.4 Å². The molecular weight excluding hydrogens is 297 g/mol. The smallest absolute Gasteiger partial charge is 1.00 e. The van der Waals surface area contributed by atoms with E-state index in [1.54, 1.807) is 0 Å². The monoisotopic (exact) mass is 304 g/mol. The number of hydrogen-bond acceptors (Lipinski definition) is 0. The van der Waals surface area contributed by atoms with Gasteiger partial charge in [0.05, 0.1) is 0 Å². The first-order chi connectivity index (χ1) is 0. The molecule has 2 N–H and O–H groups in total. The second-order valence-electron chi connectivity index (χ2n) is 0. The van der Waals surface area contributed by atoms with Crippen LogP contribution in [-0.4, -0.2) is 99.8 Å². The van der Waals surface area contributed by atoms with E-state index in [4.69, 9.17) is 0 Å². The summed E-state index contributed by atoms with van der Waals surface area (Å²) in [5.41, 5.74) is 0. The maximum atomic E-state index is 0. The summed E-state index contributed by atoms with van der Waals surface area (Å²) >= 11 is 0. The van der Waals surface area contributed by atoms with Gasteiger partial charge in [-0.05, 0) is 0 Å².